The van der Waals surface area contributed by atoms with Gasteiger partial charge in [0.2, 0.25) is 5.78 Å². The molecular weight excluding hydrogens is 562 g/mol. The van der Waals surface area contributed by atoms with E-state index in [2.05, 4.69) is 11.7 Å². The number of carbonyl (C=O) groups excluding carboxylic acids is 3. The van der Waals surface area contributed by atoms with Gasteiger partial charge >= 0.3 is 17.6 Å². The van der Waals surface area contributed by atoms with Crippen LogP contribution in [0, 0.1) is 16.0 Å². The number of ether oxygens (including phenoxy) is 2. The molecule has 43 heavy (non-hydrogen) atoms. The molecule has 0 unspecified atom stereocenters. The van der Waals surface area contributed by atoms with Crippen LogP contribution in [0.3, 0.4) is 0 Å². The van der Waals surface area contributed by atoms with E-state index in [1.165, 1.54) is 12.1 Å². The van der Waals surface area contributed by atoms with Gasteiger partial charge in [0.1, 0.15) is 23.6 Å². The van der Waals surface area contributed by atoms with Gasteiger partial charge in [-0.2, -0.15) is 0 Å². The lowest BCUT2D eigenvalue weighted by Gasteiger charge is -2.32. The van der Waals surface area contributed by atoms with Crippen molar-refractivity contribution in [1.29, 1.82) is 0 Å². The number of nitro groups is 1. The van der Waals surface area contributed by atoms with Crippen LogP contribution in [0.1, 0.15) is 46.0 Å². The molecule has 0 bridgehead atoms. The van der Waals surface area contributed by atoms with E-state index >= 15 is 0 Å². The molecule has 14 heteroatoms. The number of methoxy groups -OCH3 is 1. The molecule has 2 heterocycles. The van der Waals surface area contributed by atoms with E-state index in [9.17, 15) is 34.1 Å². The van der Waals surface area contributed by atoms with E-state index < -0.39 is 58.4 Å². The number of esters is 2. The van der Waals surface area contributed by atoms with E-state index in [0.717, 1.165) is 30.6 Å². The van der Waals surface area contributed by atoms with E-state index in [1.54, 1.807) is 30.3 Å². The first-order valence-electron chi connectivity index (χ1n) is 13.5. The van der Waals surface area contributed by atoms with Crippen LogP contribution >= 0.6 is 0 Å². The molecule has 1 saturated heterocycles. The lowest BCUT2D eigenvalue weighted by atomic mass is 9.99. The third-order valence-electron chi connectivity index (χ3n) is 7.18. The predicted molar refractivity (Wildman–Crippen MR) is 155 cm³/mol. The maximum absolute atomic E-state index is 13.2. The van der Waals surface area contributed by atoms with E-state index in [-0.39, 0.29) is 17.8 Å². The zero-order chi connectivity index (χ0) is 31.3. The van der Waals surface area contributed by atoms with Gasteiger partial charge in [-0.25, -0.2) is 14.2 Å². The minimum atomic E-state index is -1.16. The third-order valence-corrected chi connectivity index (χ3v) is 7.18. The molecule has 0 saturated carbocycles. The SMILES string of the molecule is COC(=O)Cn1c(=O)c(C(=O)COC(=O)c2ccc(N3CCC[C@H](C)C3)c([N+](=O)[O-])c2)c(N)n(Cc2ccccc2)c1=O. The lowest BCUT2D eigenvalue weighted by molar-refractivity contribution is -0.384. The van der Waals surface area contributed by atoms with Crippen LogP contribution in [-0.2, 0) is 27.4 Å². The fourth-order valence-electron chi connectivity index (χ4n) is 4.99. The molecule has 1 fully saturated rings. The number of nitrogens with zero attached hydrogens (tertiary/aromatic N) is 4. The molecule has 0 radical (unpaired) electrons. The van der Waals surface area contributed by atoms with Crippen molar-refractivity contribution >= 4 is 34.9 Å². The first-order valence-corrected chi connectivity index (χ1v) is 13.5. The van der Waals surface area contributed by atoms with E-state index in [4.69, 9.17) is 10.5 Å². The van der Waals surface area contributed by atoms with Gasteiger partial charge in [0.25, 0.3) is 11.2 Å². The van der Waals surface area contributed by atoms with Gasteiger partial charge in [0.15, 0.2) is 6.61 Å². The van der Waals surface area contributed by atoms with Crippen LogP contribution in [0.2, 0.25) is 0 Å². The smallest absolute Gasteiger partial charge is 0.338 e. The molecule has 2 aromatic carbocycles. The summed E-state index contributed by atoms with van der Waals surface area (Å²) in [6.07, 6.45) is 1.90. The number of Topliss-reactive ketones (excluding diaryl/α,β-unsaturated/α-hetero) is 1. The second-order valence-corrected chi connectivity index (χ2v) is 10.2. The molecule has 3 aromatic rings. The number of nitrogen functional groups attached to an aromatic ring is 1. The minimum absolute atomic E-state index is 0.126. The third kappa shape index (κ3) is 6.80. The molecule has 14 nitrogen and oxygen atoms in total. The number of benzene rings is 2. The van der Waals surface area contributed by atoms with Gasteiger partial charge in [-0.1, -0.05) is 37.3 Å². The molecule has 0 amide bonds. The molecule has 4 rings (SSSR count). The molecule has 2 N–H and O–H groups in total. The summed E-state index contributed by atoms with van der Waals surface area (Å²) in [4.78, 5) is 77.4. The second-order valence-electron chi connectivity index (χ2n) is 10.2. The van der Waals surface area contributed by atoms with Crippen molar-refractivity contribution in [2.24, 2.45) is 5.92 Å². The molecule has 0 spiro atoms. The Labute approximate surface area is 245 Å². The first kappa shape index (κ1) is 30.7. The number of nitrogens with two attached hydrogens (primary N) is 1. The largest absolute Gasteiger partial charge is 0.468 e. The summed E-state index contributed by atoms with van der Waals surface area (Å²) in [7, 11) is 1.07. The summed E-state index contributed by atoms with van der Waals surface area (Å²) < 4.78 is 11.2. The average Bonchev–Trinajstić information content (AvgIpc) is 3.00. The zero-order valence-corrected chi connectivity index (χ0v) is 23.7. The Morgan fingerprint density at radius 3 is 2.47 bits per heavy atom. The summed E-state index contributed by atoms with van der Waals surface area (Å²) >= 11 is 0. The van der Waals surface area contributed by atoms with Gasteiger partial charge in [-0.3, -0.25) is 29.1 Å². The standard InChI is InChI=1S/C29H31N5O9/c1-18-7-6-12-31(14-18)21-11-10-20(13-22(21)34(40)41)28(38)43-17-23(35)25-26(30)32(15-19-8-4-3-5-9-19)29(39)33(27(25)37)16-24(36)42-2/h3-5,8-11,13,18H,6-7,12,14-17,30H2,1-2H3/t18-/m0/s1. The maximum atomic E-state index is 13.2. The van der Waals surface area contributed by atoms with Crippen molar-refractivity contribution in [3.63, 3.8) is 0 Å². The molecular formula is C29H31N5O9. The Morgan fingerprint density at radius 1 is 1.09 bits per heavy atom. The monoisotopic (exact) mass is 593 g/mol. The van der Waals surface area contributed by atoms with Crippen LogP contribution in [-0.4, -0.2) is 58.6 Å². The number of aromatic nitrogens is 2. The predicted octanol–water partition coefficient (Wildman–Crippen LogP) is 2.00. The second kappa shape index (κ2) is 13.1. The lowest BCUT2D eigenvalue weighted by Crippen LogP contribution is -2.46. The van der Waals surface area contributed by atoms with Gasteiger partial charge in [0.05, 0.1) is 24.1 Å². The number of ketones is 1. The van der Waals surface area contributed by atoms with Gasteiger partial charge in [0, 0.05) is 19.2 Å². The molecule has 1 aliphatic rings. The topological polar surface area (TPSA) is 186 Å². The summed E-state index contributed by atoms with van der Waals surface area (Å²) in [6, 6.07) is 12.5. The summed E-state index contributed by atoms with van der Waals surface area (Å²) in [6.45, 7) is 1.48. The van der Waals surface area contributed by atoms with Crippen LogP contribution in [0.4, 0.5) is 17.2 Å². The Morgan fingerprint density at radius 2 is 1.81 bits per heavy atom. The number of carbonyl (C=O) groups is 3. The van der Waals surface area contributed by atoms with Crippen LogP contribution in [0.25, 0.3) is 0 Å². The fraction of sp³-hybridized carbons (Fsp3) is 0.345. The van der Waals surface area contributed by atoms with Crippen molar-refractivity contribution < 1.29 is 28.8 Å². The van der Waals surface area contributed by atoms with Crippen LogP contribution < -0.4 is 21.9 Å². The number of hydrogen-bond acceptors (Lipinski definition) is 11. The van der Waals surface area contributed by atoms with E-state index in [1.807, 2.05) is 4.90 Å². The van der Waals surface area contributed by atoms with Crippen molar-refractivity contribution in [2.75, 3.05) is 37.4 Å². The van der Waals surface area contributed by atoms with Gasteiger partial charge in [-0.05, 0) is 36.5 Å². The normalized spacial score (nSPS) is 14.7. The first-order chi connectivity index (χ1) is 20.5. The minimum Gasteiger partial charge on any atom is -0.468 e. The highest BCUT2D eigenvalue weighted by Crippen LogP contribution is 2.32. The fourth-order valence-corrected chi connectivity index (χ4v) is 4.99. The molecule has 1 atom stereocenters. The zero-order valence-electron chi connectivity index (χ0n) is 23.7. The Bertz CT molecular complexity index is 1680. The molecule has 1 aromatic heterocycles. The Hall–Kier alpha value is -5.27. The Kier molecular flexibility index (Phi) is 9.38. The highest BCUT2D eigenvalue weighted by Gasteiger charge is 2.28. The number of hydrogen-bond donors (Lipinski definition) is 1. The average molecular weight is 594 g/mol. The number of anilines is 2. The number of rotatable bonds is 10. The molecule has 226 valence electrons. The maximum Gasteiger partial charge on any atom is 0.338 e. The quantitative estimate of drug-likeness (QED) is 0.157. The molecule has 1 aliphatic heterocycles. The summed E-state index contributed by atoms with van der Waals surface area (Å²) in [5.74, 6) is -3.11. The van der Waals surface area contributed by atoms with E-state index in [0.29, 0.717) is 34.8 Å². The number of piperidine rings is 1. The van der Waals surface area contributed by atoms with Gasteiger partial charge in [-0.15, -0.1) is 0 Å². The number of nitro benzene ring substituents is 1. The summed E-state index contributed by atoms with van der Waals surface area (Å²) in [5, 5.41) is 11.8. The van der Waals surface area contributed by atoms with Crippen molar-refractivity contribution in [3.05, 3.63) is 96.2 Å². The summed E-state index contributed by atoms with van der Waals surface area (Å²) in [5.41, 5.74) is 3.91. The van der Waals surface area contributed by atoms with Crippen molar-refractivity contribution in [3.8, 4) is 0 Å². The van der Waals surface area contributed by atoms with Crippen molar-refractivity contribution in [1.82, 2.24) is 9.13 Å². The van der Waals surface area contributed by atoms with Gasteiger partial charge < -0.3 is 20.1 Å². The van der Waals surface area contributed by atoms with Crippen LogP contribution in [0.15, 0.2) is 58.1 Å². The highest BCUT2D eigenvalue weighted by molar-refractivity contribution is 6.02. The van der Waals surface area contributed by atoms with Crippen molar-refractivity contribution in [2.45, 2.75) is 32.9 Å². The highest BCUT2D eigenvalue weighted by atomic mass is 16.6. The Balaban J connectivity index is 1.61. The molecule has 0 aliphatic carbocycles. The van der Waals surface area contributed by atoms with Crippen LogP contribution in [0.5, 0.6) is 0 Å².